The lowest BCUT2D eigenvalue weighted by molar-refractivity contribution is -0.0786. The molecule has 0 aromatic heterocycles. The number of rotatable bonds is 6. The minimum Gasteiger partial charge on any atom is -0.494 e. The highest BCUT2D eigenvalue weighted by Gasteiger charge is 2.44. The Balaban J connectivity index is 2.23. The largest absolute Gasteiger partial charge is 0.494 e. The summed E-state index contributed by atoms with van der Waals surface area (Å²) in [5, 5.41) is 0. The minimum absolute atomic E-state index is 0.107. The second-order valence-corrected chi connectivity index (χ2v) is 6.28. The van der Waals surface area contributed by atoms with Crippen molar-refractivity contribution in [3.05, 3.63) is 29.8 Å². The maximum absolute atomic E-state index is 5.88. The number of nitrogens with two attached hydrogens (primary N) is 1. The van der Waals surface area contributed by atoms with Gasteiger partial charge in [0.05, 0.1) is 19.8 Å². The summed E-state index contributed by atoms with van der Waals surface area (Å²) < 4.78 is 11.1. The van der Waals surface area contributed by atoms with Gasteiger partial charge in [-0.2, -0.15) is 0 Å². The van der Waals surface area contributed by atoms with Crippen molar-refractivity contribution in [3.8, 4) is 5.75 Å². The number of benzene rings is 1. The van der Waals surface area contributed by atoms with Crippen molar-refractivity contribution in [2.45, 2.75) is 32.6 Å². The minimum atomic E-state index is 0.107. The van der Waals surface area contributed by atoms with E-state index < -0.39 is 0 Å². The lowest BCUT2D eigenvalue weighted by Crippen LogP contribution is -2.50. The molecule has 0 atom stereocenters. The molecule has 2 rings (SSSR count). The summed E-state index contributed by atoms with van der Waals surface area (Å²) in [7, 11) is 0. The highest BCUT2D eigenvalue weighted by atomic mass is 16.5. The molecule has 0 aliphatic carbocycles. The lowest BCUT2D eigenvalue weighted by Gasteiger charge is -2.46. The van der Waals surface area contributed by atoms with E-state index in [1.807, 2.05) is 13.0 Å². The van der Waals surface area contributed by atoms with E-state index in [0.29, 0.717) is 13.2 Å². The molecule has 1 aliphatic rings. The van der Waals surface area contributed by atoms with Crippen LogP contribution in [0.3, 0.4) is 0 Å². The van der Waals surface area contributed by atoms with Crippen molar-refractivity contribution in [1.29, 1.82) is 0 Å². The Bertz CT molecular complexity index is 425. The van der Waals surface area contributed by atoms with Crippen LogP contribution in [0.25, 0.3) is 0 Å². The first-order chi connectivity index (χ1) is 9.01. The predicted octanol–water partition coefficient (Wildman–Crippen LogP) is 2.73. The first-order valence-corrected chi connectivity index (χ1v) is 7.02. The number of hydrogen-bond acceptors (Lipinski definition) is 3. The molecule has 0 bridgehead atoms. The van der Waals surface area contributed by atoms with Crippen LogP contribution in [0.4, 0.5) is 0 Å². The van der Waals surface area contributed by atoms with Crippen LogP contribution < -0.4 is 10.5 Å². The molecule has 1 heterocycles. The molecule has 3 nitrogen and oxygen atoms in total. The van der Waals surface area contributed by atoms with Crippen LogP contribution in [-0.2, 0) is 10.2 Å². The Labute approximate surface area is 116 Å². The maximum Gasteiger partial charge on any atom is 0.119 e. The normalized spacial score (nSPS) is 17.9. The summed E-state index contributed by atoms with van der Waals surface area (Å²) in [6, 6.07) is 8.40. The van der Waals surface area contributed by atoms with E-state index >= 15 is 0 Å². The molecule has 1 aromatic rings. The third kappa shape index (κ3) is 3.10. The third-order valence-electron chi connectivity index (χ3n) is 3.88. The van der Waals surface area contributed by atoms with Crippen molar-refractivity contribution in [2.75, 3.05) is 26.4 Å². The van der Waals surface area contributed by atoms with Crippen molar-refractivity contribution in [1.82, 2.24) is 0 Å². The third-order valence-corrected chi connectivity index (χ3v) is 3.88. The molecule has 0 spiro atoms. The fraction of sp³-hybridized carbons (Fsp3) is 0.625. The quantitative estimate of drug-likeness (QED) is 0.858. The Morgan fingerprint density at radius 1 is 1.37 bits per heavy atom. The Morgan fingerprint density at radius 2 is 2.11 bits per heavy atom. The van der Waals surface area contributed by atoms with Crippen LogP contribution in [0.5, 0.6) is 5.75 Å². The van der Waals surface area contributed by atoms with E-state index in [9.17, 15) is 0 Å². The Hall–Kier alpha value is -1.06. The summed E-state index contributed by atoms with van der Waals surface area (Å²) in [4.78, 5) is 0. The van der Waals surface area contributed by atoms with Gasteiger partial charge in [0.2, 0.25) is 0 Å². The lowest BCUT2D eigenvalue weighted by atomic mass is 9.67. The highest BCUT2D eigenvalue weighted by molar-refractivity contribution is 5.36. The van der Waals surface area contributed by atoms with Gasteiger partial charge in [-0.3, -0.25) is 0 Å². The van der Waals surface area contributed by atoms with Crippen LogP contribution >= 0.6 is 0 Å². The zero-order chi connectivity index (χ0) is 13.9. The topological polar surface area (TPSA) is 44.5 Å². The molecule has 1 fully saturated rings. The van der Waals surface area contributed by atoms with Gasteiger partial charge in [-0.1, -0.05) is 26.0 Å². The second-order valence-electron chi connectivity index (χ2n) is 6.28. The van der Waals surface area contributed by atoms with Gasteiger partial charge < -0.3 is 15.2 Å². The van der Waals surface area contributed by atoms with E-state index in [-0.39, 0.29) is 10.8 Å². The van der Waals surface area contributed by atoms with Gasteiger partial charge in [0.1, 0.15) is 5.75 Å². The average Bonchev–Trinajstić information content (AvgIpc) is 2.35. The van der Waals surface area contributed by atoms with Gasteiger partial charge >= 0.3 is 0 Å². The van der Waals surface area contributed by atoms with Crippen molar-refractivity contribution < 1.29 is 9.47 Å². The summed E-state index contributed by atoms with van der Waals surface area (Å²) in [5.74, 6) is 0.942. The first kappa shape index (κ1) is 14.4. The van der Waals surface area contributed by atoms with Crippen LogP contribution in [0.15, 0.2) is 24.3 Å². The smallest absolute Gasteiger partial charge is 0.119 e. The number of ether oxygens (including phenoxy) is 2. The average molecular weight is 263 g/mol. The van der Waals surface area contributed by atoms with E-state index in [1.54, 1.807) is 0 Å². The summed E-state index contributed by atoms with van der Waals surface area (Å²) in [5.41, 5.74) is 7.43. The van der Waals surface area contributed by atoms with Crippen LogP contribution in [-0.4, -0.2) is 26.4 Å². The van der Waals surface area contributed by atoms with Crippen LogP contribution in [0.2, 0.25) is 0 Å². The van der Waals surface area contributed by atoms with E-state index in [2.05, 4.69) is 32.0 Å². The van der Waals surface area contributed by atoms with Crippen LogP contribution in [0, 0.1) is 5.41 Å². The predicted molar refractivity (Wildman–Crippen MR) is 77.6 cm³/mol. The molecule has 0 radical (unpaired) electrons. The highest BCUT2D eigenvalue weighted by Crippen LogP contribution is 2.42. The van der Waals surface area contributed by atoms with Gasteiger partial charge in [-0.25, -0.2) is 0 Å². The van der Waals surface area contributed by atoms with E-state index in [4.69, 9.17) is 15.2 Å². The molecule has 0 saturated carbocycles. The van der Waals surface area contributed by atoms with Gasteiger partial charge in [-0.15, -0.1) is 0 Å². The number of hydrogen-bond donors (Lipinski definition) is 1. The van der Waals surface area contributed by atoms with Crippen molar-refractivity contribution in [2.24, 2.45) is 11.1 Å². The molecule has 1 aliphatic heterocycles. The maximum atomic E-state index is 5.88. The Morgan fingerprint density at radius 3 is 2.63 bits per heavy atom. The van der Waals surface area contributed by atoms with E-state index in [0.717, 1.165) is 25.4 Å². The fourth-order valence-corrected chi connectivity index (χ4v) is 2.79. The molecule has 3 heteroatoms. The summed E-state index contributed by atoms with van der Waals surface area (Å²) in [6.07, 6.45) is 1.05. The standard InChI is InChI=1S/C16H25NO2/c1-4-19-14-7-5-6-13(8-14)16(11-18-12-16)9-15(2,3)10-17/h5-8H,4,9-12,17H2,1-3H3. The summed E-state index contributed by atoms with van der Waals surface area (Å²) in [6.45, 7) is 9.41. The molecule has 106 valence electrons. The monoisotopic (exact) mass is 263 g/mol. The SMILES string of the molecule is CCOc1cccc(C2(CC(C)(C)CN)COC2)c1. The molecular formula is C16H25NO2. The van der Waals surface area contributed by atoms with Gasteiger partial charge in [0, 0.05) is 5.41 Å². The van der Waals surface area contributed by atoms with Crippen LogP contribution in [0.1, 0.15) is 32.8 Å². The van der Waals surface area contributed by atoms with Gasteiger partial charge in [0.15, 0.2) is 0 Å². The molecule has 0 unspecified atom stereocenters. The Kier molecular flexibility index (Phi) is 4.16. The second kappa shape index (κ2) is 5.51. The molecule has 0 amide bonds. The van der Waals surface area contributed by atoms with E-state index in [1.165, 1.54) is 5.56 Å². The van der Waals surface area contributed by atoms with Gasteiger partial charge in [-0.05, 0) is 43.0 Å². The summed E-state index contributed by atoms with van der Waals surface area (Å²) >= 11 is 0. The molecule has 19 heavy (non-hydrogen) atoms. The zero-order valence-corrected chi connectivity index (χ0v) is 12.2. The molecule has 1 saturated heterocycles. The fourth-order valence-electron chi connectivity index (χ4n) is 2.79. The molecule has 1 aromatic carbocycles. The van der Waals surface area contributed by atoms with Crippen molar-refractivity contribution >= 4 is 0 Å². The zero-order valence-electron chi connectivity index (χ0n) is 12.2. The van der Waals surface area contributed by atoms with Crippen molar-refractivity contribution in [3.63, 3.8) is 0 Å². The molecule has 2 N–H and O–H groups in total. The first-order valence-electron chi connectivity index (χ1n) is 7.02. The molecular weight excluding hydrogens is 238 g/mol. The van der Waals surface area contributed by atoms with Gasteiger partial charge in [0.25, 0.3) is 0 Å².